The van der Waals surface area contributed by atoms with E-state index in [1.807, 2.05) is 0 Å². The van der Waals surface area contributed by atoms with Gasteiger partial charge in [0.1, 0.15) is 0 Å². The zero-order chi connectivity index (χ0) is 13.8. The fourth-order valence-electron chi connectivity index (χ4n) is 3.04. The second kappa shape index (κ2) is 6.42. The van der Waals surface area contributed by atoms with Crippen LogP contribution in [0, 0.1) is 0 Å². The second-order valence-electron chi connectivity index (χ2n) is 5.63. The van der Waals surface area contributed by atoms with Crippen LogP contribution in [-0.4, -0.2) is 23.8 Å². The maximum Gasteiger partial charge on any atom is 0.0754 e. The first kappa shape index (κ1) is 13.7. The zero-order valence-electron chi connectivity index (χ0n) is 12.3. The molecule has 1 aromatic carbocycles. The lowest BCUT2D eigenvalue weighted by molar-refractivity contribution is 0.0980. The van der Waals surface area contributed by atoms with Crippen molar-refractivity contribution in [2.45, 2.75) is 45.4 Å². The third kappa shape index (κ3) is 2.89. The van der Waals surface area contributed by atoms with E-state index in [2.05, 4.69) is 47.3 Å². The molecule has 0 saturated carbocycles. The van der Waals surface area contributed by atoms with Gasteiger partial charge in [0.05, 0.1) is 11.6 Å². The van der Waals surface area contributed by atoms with Crippen LogP contribution in [0.15, 0.2) is 30.5 Å². The van der Waals surface area contributed by atoms with Gasteiger partial charge < -0.3 is 14.6 Å². The first-order valence-electron chi connectivity index (χ1n) is 7.77. The highest BCUT2D eigenvalue weighted by Crippen LogP contribution is 2.23. The number of ether oxygens (including phenoxy) is 1. The van der Waals surface area contributed by atoms with E-state index in [-0.39, 0.29) is 0 Å². The van der Waals surface area contributed by atoms with Crippen LogP contribution in [0.2, 0.25) is 0 Å². The number of aromatic nitrogens is 1. The number of hydrogen-bond donors (Lipinski definition) is 1. The lowest BCUT2D eigenvalue weighted by atomic mass is 10.1. The molecule has 0 amide bonds. The highest BCUT2D eigenvalue weighted by molar-refractivity contribution is 5.83. The number of benzene rings is 1. The van der Waals surface area contributed by atoms with Gasteiger partial charge in [-0.15, -0.1) is 0 Å². The Morgan fingerprint density at radius 1 is 1.35 bits per heavy atom. The first-order chi connectivity index (χ1) is 9.88. The quantitative estimate of drug-likeness (QED) is 0.816. The third-order valence-corrected chi connectivity index (χ3v) is 4.04. The minimum atomic E-state index is 0.391. The van der Waals surface area contributed by atoms with E-state index in [0.717, 1.165) is 26.2 Å². The van der Waals surface area contributed by atoms with Gasteiger partial charge >= 0.3 is 0 Å². The summed E-state index contributed by atoms with van der Waals surface area (Å²) in [7, 11) is 0. The van der Waals surface area contributed by atoms with E-state index < -0.39 is 0 Å². The van der Waals surface area contributed by atoms with Crippen molar-refractivity contribution in [3.05, 3.63) is 36.0 Å². The zero-order valence-corrected chi connectivity index (χ0v) is 12.3. The number of para-hydroxylation sites is 1. The van der Waals surface area contributed by atoms with Gasteiger partial charge in [-0.25, -0.2) is 0 Å². The predicted molar refractivity (Wildman–Crippen MR) is 82.9 cm³/mol. The van der Waals surface area contributed by atoms with Crippen LogP contribution in [-0.2, 0) is 17.8 Å². The molecule has 2 heterocycles. The summed E-state index contributed by atoms with van der Waals surface area (Å²) in [6, 6.07) is 8.80. The fourth-order valence-corrected chi connectivity index (χ4v) is 3.04. The molecule has 0 spiro atoms. The molecule has 1 fully saturated rings. The van der Waals surface area contributed by atoms with E-state index in [1.54, 1.807) is 0 Å². The molecule has 108 valence electrons. The predicted octanol–water partition coefficient (Wildman–Crippen LogP) is 3.32. The number of hydrogen-bond acceptors (Lipinski definition) is 2. The number of nitrogens with zero attached hydrogens (tertiary/aromatic N) is 1. The van der Waals surface area contributed by atoms with E-state index in [1.165, 1.54) is 35.7 Å². The molecule has 1 atom stereocenters. The maximum absolute atomic E-state index is 5.78. The van der Waals surface area contributed by atoms with Crippen molar-refractivity contribution in [2.24, 2.45) is 0 Å². The minimum Gasteiger partial charge on any atom is -0.376 e. The summed E-state index contributed by atoms with van der Waals surface area (Å²) in [4.78, 5) is 0. The van der Waals surface area contributed by atoms with Crippen LogP contribution in [0.25, 0.3) is 10.9 Å². The van der Waals surface area contributed by atoms with Gasteiger partial charge in [0.15, 0.2) is 0 Å². The van der Waals surface area contributed by atoms with Crippen LogP contribution in [0.1, 0.15) is 31.7 Å². The standard InChI is InChI=1S/C17H24N2O/c1-2-9-18-12-15-6-3-5-14-8-10-19(17(14)15)13-16-7-4-11-20-16/h3,5-6,8,10,16,18H,2,4,7,9,11-13H2,1H3. The van der Waals surface area contributed by atoms with Crippen LogP contribution in [0.3, 0.4) is 0 Å². The Balaban J connectivity index is 1.83. The highest BCUT2D eigenvalue weighted by atomic mass is 16.5. The van der Waals surface area contributed by atoms with Crippen molar-refractivity contribution in [3.63, 3.8) is 0 Å². The van der Waals surface area contributed by atoms with Crippen LogP contribution >= 0.6 is 0 Å². The molecular weight excluding hydrogens is 248 g/mol. The first-order valence-corrected chi connectivity index (χ1v) is 7.77. The summed E-state index contributed by atoms with van der Waals surface area (Å²) in [5, 5.41) is 4.84. The summed E-state index contributed by atoms with van der Waals surface area (Å²) in [5.41, 5.74) is 2.76. The van der Waals surface area contributed by atoms with E-state index >= 15 is 0 Å². The van der Waals surface area contributed by atoms with Crippen molar-refractivity contribution in [2.75, 3.05) is 13.2 Å². The molecule has 20 heavy (non-hydrogen) atoms. The molecule has 1 aliphatic rings. The van der Waals surface area contributed by atoms with Crippen LogP contribution in [0.5, 0.6) is 0 Å². The van der Waals surface area contributed by atoms with Gasteiger partial charge in [-0.05, 0) is 42.8 Å². The summed E-state index contributed by atoms with van der Waals surface area (Å²) < 4.78 is 8.15. The summed E-state index contributed by atoms with van der Waals surface area (Å²) in [5.74, 6) is 0. The molecule has 3 rings (SSSR count). The molecule has 1 aromatic heterocycles. The van der Waals surface area contributed by atoms with Crippen molar-refractivity contribution in [3.8, 4) is 0 Å². The molecule has 3 nitrogen and oxygen atoms in total. The van der Waals surface area contributed by atoms with Gasteiger partial charge in [0.2, 0.25) is 0 Å². The molecule has 1 unspecified atom stereocenters. The number of rotatable bonds is 6. The molecule has 3 heteroatoms. The van der Waals surface area contributed by atoms with Crippen LogP contribution in [0.4, 0.5) is 0 Å². The fraction of sp³-hybridized carbons (Fsp3) is 0.529. The largest absolute Gasteiger partial charge is 0.376 e. The molecule has 1 aliphatic heterocycles. The Morgan fingerprint density at radius 2 is 2.30 bits per heavy atom. The molecule has 1 saturated heterocycles. The monoisotopic (exact) mass is 272 g/mol. The normalized spacial score (nSPS) is 18.9. The van der Waals surface area contributed by atoms with Crippen molar-refractivity contribution in [1.82, 2.24) is 9.88 Å². The summed E-state index contributed by atoms with van der Waals surface area (Å²) in [6.45, 7) is 6.13. The molecule has 0 aliphatic carbocycles. The second-order valence-corrected chi connectivity index (χ2v) is 5.63. The van der Waals surface area contributed by atoms with Gasteiger partial charge in [0.25, 0.3) is 0 Å². The maximum atomic E-state index is 5.78. The van der Waals surface area contributed by atoms with Crippen molar-refractivity contribution < 1.29 is 4.74 Å². The minimum absolute atomic E-state index is 0.391. The number of nitrogens with one attached hydrogen (secondary N) is 1. The van der Waals surface area contributed by atoms with E-state index in [4.69, 9.17) is 4.74 Å². The summed E-state index contributed by atoms with van der Waals surface area (Å²) >= 11 is 0. The molecule has 0 radical (unpaired) electrons. The topological polar surface area (TPSA) is 26.2 Å². The lowest BCUT2D eigenvalue weighted by Gasteiger charge is -2.14. The van der Waals surface area contributed by atoms with Crippen molar-refractivity contribution in [1.29, 1.82) is 0 Å². The smallest absolute Gasteiger partial charge is 0.0754 e. The summed E-state index contributed by atoms with van der Waals surface area (Å²) in [6.07, 6.45) is 6.16. The van der Waals surface area contributed by atoms with E-state index in [9.17, 15) is 0 Å². The molecular formula is C17H24N2O. The van der Waals surface area contributed by atoms with Crippen LogP contribution < -0.4 is 5.32 Å². The molecule has 0 bridgehead atoms. The Labute approximate surface area is 120 Å². The lowest BCUT2D eigenvalue weighted by Crippen LogP contribution is -2.17. The molecule has 2 aromatic rings. The Hall–Kier alpha value is -1.32. The van der Waals surface area contributed by atoms with Gasteiger partial charge in [-0.1, -0.05) is 25.1 Å². The van der Waals surface area contributed by atoms with Gasteiger partial charge in [0, 0.05) is 25.9 Å². The van der Waals surface area contributed by atoms with Gasteiger partial charge in [-0.2, -0.15) is 0 Å². The average molecular weight is 272 g/mol. The van der Waals surface area contributed by atoms with E-state index in [0.29, 0.717) is 6.10 Å². The Bertz CT molecular complexity index is 555. The SMILES string of the molecule is CCCNCc1cccc2ccn(CC3CCCO3)c12. The average Bonchev–Trinajstić information content (AvgIpc) is 3.10. The highest BCUT2D eigenvalue weighted by Gasteiger charge is 2.17. The third-order valence-electron chi connectivity index (χ3n) is 4.04. The Morgan fingerprint density at radius 3 is 3.10 bits per heavy atom. The van der Waals surface area contributed by atoms with Crippen molar-refractivity contribution >= 4 is 10.9 Å². The number of fused-ring (bicyclic) bond motifs is 1. The Kier molecular flexibility index (Phi) is 4.38. The van der Waals surface area contributed by atoms with Gasteiger partial charge in [-0.3, -0.25) is 0 Å². The molecule has 1 N–H and O–H groups in total.